The van der Waals surface area contributed by atoms with Gasteiger partial charge in [0.2, 0.25) is 0 Å². The van der Waals surface area contributed by atoms with Crippen molar-refractivity contribution in [2.45, 2.75) is 64.1 Å². The lowest BCUT2D eigenvalue weighted by atomic mass is 10.1. The highest BCUT2D eigenvalue weighted by Gasteiger charge is 2.39. The second kappa shape index (κ2) is 6.11. The first-order valence-corrected chi connectivity index (χ1v) is 8.54. The Hall–Kier alpha value is -1.62. The Balaban J connectivity index is 1.93. The molecule has 3 rings (SSSR count). The van der Waals surface area contributed by atoms with E-state index < -0.39 is 5.60 Å². The van der Waals surface area contributed by atoms with Gasteiger partial charge in [-0.15, -0.1) is 0 Å². The van der Waals surface area contributed by atoms with E-state index in [-0.39, 0.29) is 12.1 Å². The molecule has 1 aromatic heterocycles. The summed E-state index contributed by atoms with van der Waals surface area (Å²) in [5, 5.41) is 0. The van der Waals surface area contributed by atoms with E-state index in [1.165, 1.54) is 6.42 Å². The van der Waals surface area contributed by atoms with Crippen LogP contribution in [0.5, 0.6) is 0 Å². The molecule has 1 aliphatic carbocycles. The molecule has 126 valence electrons. The topological polar surface area (TPSA) is 45.7 Å². The van der Waals surface area contributed by atoms with Crippen LogP contribution in [-0.2, 0) is 4.74 Å². The number of likely N-dealkylation sites (tertiary alicyclic amines) is 1. The Morgan fingerprint density at radius 1 is 1.35 bits per heavy atom. The molecule has 1 atom stereocenters. The molecule has 0 N–H and O–H groups in total. The van der Waals surface area contributed by atoms with Crippen LogP contribution in [0.1, 0.15) is 58.1 Å². The van der Waals surface area contributed by atoms with Crippen molar-refractivity contribution in [3.8, 4) is 0 Å². The summed E-state index contributed by atoms with van der Waals surface area (Å²) < 4.78 is 5.63. The molecule has 23 heavy (non-hydrogen) atoms. The van der Waals surface area contributed by atoms with Crippen LogP contribution in [0.15, 0.2) is 18.3 Å². The fourth-order valence-electron chi connectivity index (χ4n) is 3.23. The van der Waals surface area contributed by atoms with E-state index in [9.17, 15) is 4.79 Å². The molecule has 1 saturated carbocycles. The molecule has 1 aromatic rings. The van der Waals surface area contributed by atoms with Crippen LogP contribution >= 0.6 is 0 Å². The minimum absolute atomic E-state index is 0.227. The maximum absolute atomic E-state index is 12.7. The van der Waals surface area contributed by atoms with E-state index in [1.54, 1.807) is 11.1 Å². The zero-order chi connectivity index (χ0) is 16.6. The molecule has 0 unspecified atom stereocenters. The average molecular weight is 317 g/mol. The highest BCUT2D eigenvalue weighted by molar-refractivity contribution is 5.89. The van der Waals surface area contributed by atoms with Gasteiger partial charge in [0, 0.05) is 23.8 Å². The molecule has 0 aromatic carbocycles. The van der Waals surface area contributed by atoms with E-state index >= 15 is 0 Å². The Morgan fingerprint density at radius 2 is 2.09 bits per heavy atom. The molecule has 5 nitrogen and oxygen atoms in total. The lowest BCUT2D eigenvalue weighted by Gasteiger charge is -2.30. The third kappa shape index (κ3) is 3.66. The Kier molecular flexibility index (Phi) is 4.32. The van der Waals surface area contributed by atoms with E-state index in [0.717, 1.165) is 37.2 Å². The van der Waals surface area contributed by atoms with Crippen molar-refractivity contribution in [2.75, 3.05) is 18.5 Å². The van der Waals surface area contributed by atoms with E-state index in [0.29, 0.717) is 6.04 Å². The summed E-state index contributed by atoms with van der Waals surface area (Å²) in [5.74, 6) is 0.781. The molecule has 5 heteroatoms. The fourth-order valence-corrected chi connectivity index (χ4v) is 3.23. The first-order valence-electron chi connectivity index (χ1n) is 8.54. The zero-order valence-electron chi connectivity index (χ0n) is 14.6. The number of rotatable bonds is 3. The van der Waals surface area contributed by atoms with Crippen molar-refractivity contribution in [1.82, 2.24) is 9.88 Å². The minimum atomic E-state index is -0.497. The minimum Gasteiger partial charge on any atom is -0.443 e. The van der Waals surface area contributed by atoms with Crippen molar-refractivity contribution in [2.24, 2.45) is 0 Å². The zero-order valence-corrected chi connectivity index (χ0v) is 14.6. The average Bonchev–Trinajstić information content (AvgIpc) is 3.19. The van der Waals surface area contributed by atoms with E-state index in [2.05, 4.69) is 23.0 Å². The lowest BCUT2D eigenvalue weighted by Crippen LogP contribution is -2.39. The molecular formula is C18H27N3O2. The number of anilines is 1. The molecule has 2 aliphatic rings. The van der Waals surface area contributed by atoms with Crippen LogP contribution < -0.4 is 4.90 Å². The number of carbonyl (C=O) groups is 1. The molecular weight excluding hydrogens is 290 g/mol. The fraction of sp³-hybridized carbons (Fsp3) is 0.667. The molecule has 2 fully saturated rings. The van der Waals surface area contributed by atoms with Gasteiger partial charge in [-0.1, -0.05) is 6.07 Å². The molecule has 1 aliphatic heterocycles. The molecule has 2 heterocycles. The summed E-state index contributed by atoms with van der Waals surface area (Å²) in [7, 11) is 2.14. The predicted octanol–water partition coefficient (Wildman–Crippen LogP) is 3.75. The smallest absolute Gasteiger partial charge is 0.416 e. The second-order valence-corrected chi connectivity index (χ2v) is 7.64. The van der Waals surface area contributed by atoms with E-state index in [1.807, 2.05) is 26.8 Å². The van der Waals surface area contributed by atoms with Gasteiger partial charge in [-0.3, -0.25) is 9.80 Å². The highest BCUT2D eigenvalue weighted by Crippen LogP contribution is 2.39. The normalized spacial score (nSPS) is 22.2. The number of carbonyl (C=O) groups excluding carboxylic acids is 1. The summed E-state index contributed by atoms with van der Waals surface area (Å²) in [6, 6.07) is 4.63. The Bertz CT molecular complexity index is 578. The summed E-state index contributed by atoms with van der Waals surface area (Å²) >= 11 is 0. The number of amides is 1. The van der Waals surface area contributed by atoms with Crippen LogP contribution in [0.3, 0.4) is 0 Å². The maximum Gasteiger partial charge on any atom is 0.416 e. The van der Waals surface area contributed by atoms with Gasteiger partial charge in [-0.25, -0.2) is 9.78 Å². The van der Waals surface area contributed by atoms with Crippen molar-refractivity contribution < 1.29 is 9.53 Å². The van der Waals surface area contributed by atoms with Gasteiger partial charge in [0.05, 0.1) is 0 Å². The number of hydrogen-bond donors (Lipinski definition) is 0. The van der Waals surface area contributed by atoms with Crippen LogP contribution in [0.4, 0.5) is 10.6 Å². The van der Waals surface area contributed by atoms with Crippen molar-refractivity contribution in [3.05, 3.63) is 23.9 Å². The molecule has 0 radical (unpaired) electrons. The summed E-state index contributed by atoms with van der Waals surface area (Å²) in [4.78, 5) is 21.4. The van der Waals surface area contributed by atoms with Crippen molar-refractivity contribution >= 4 is 11.9 Å². The van der Waals surface area contributed by atoms with Gasteiger partial charge in [-0.2, -0.15) is 0 Å². The first-order chi connectivity index (χ1) is 10.9. The maximum atomic E-state index is 12.7. The Morgan fingerprint density at radius 3 is 2.65 bits per heavy atom. The molecule has 0 spiro atoms. The first kappa shape index (κ1) is 16.2. The van der Waals surface area contributed by atoms with Crippen molar-refractivity contribution in [3.63, 3.8) is 0 Å². The summed E-state index contributed by atoms with van der Waals surface area (Å²) in [6.45, 7) is 6.80. The number of hydrogen-bond acceptors (Lipinski definition) is 4. The lowest BCUT2D eigenvalue weighted by molar-refractivity contribution is 0.0576. The number of ether oxygens (including phenoxy) is 1. The summed E-state index contributed by atoms with van der Waals surface area (Å²) in [6.07, 6.45) is 5.84. The van der Waals surface area contributed by atoms with Gasteiger partial charge in [-0.05, 0) is 66.1 Å². The van der Waals surface area contributed by atoms with Gasteiger partial charge in [0.15, 0.2) is 0 Å². The number of nitrogens with zero attached hydrogens (tertiary/aromatic N) is 3. The molecule has 1 saturated heterocycles. The SMILES string of the molecule is CN1CCC[C@@H]1c1cccnc1N(C(=O)OC(C)(C)C)C1CC1. The highest BCUT2D eigenvalue weighted by atomic mass is 16.6. The second-order valence-electron chi connectivity index (χ2n) is 7.64. The molecule has 1 amide bonds. The molecule has 0 bridgehead atoms. The number of pyridine rings is 1. The van der Waals surface area contributed by atoms with Crippen molar-refractivity contribution in [1.29, 1.82) is 0 Å². The largest absolute Gasteiger partial charge is 0.443 e. The van der Waals surface area contributed by atoms with Gasteiger partial charge >= 0.3 is 6.09 Å². The third-order valence-electron chi connectivity index (χ3n) is 4.43. The third-order valence-corrected chi connectivity index (χ3v) is 4.43. The van der Waals surface area contributed by atoms with Gasteiger partial charge < -0.3 is 4.74 Å². The van der Waals surface area contributed by atoms with Gasteiger partial charge in [0.25, 0.3) is 0 Å². The van der Waals surface area contributed by atoms with Crippen LogP contribution in [0.2, 0.25) is 0 Å². The summed E-state index contributed by atoms with van der Waals surface area (Å²) in [5.41, 5.74) is 0.647. The number of aromatic nitrogens is 1. The van der Waals surface area contributed by atoms with Crippen LogP contribution in [-0.4, -0.2) is 41.2 Å². The van der Waals surface area contributed by atoms with Crippen LogP contribution in [0.25, 0.3) is 0 Å². The monoisotopic (exact) mass is 317 g/mol. The van der Waals surface area contributed by atoms with E-state index in [4.69, 9.17) is 4.74 Å². The predicted molar refractivity (Wildman–Crippen MR) is 90.6 cm³/mol. The standard InChI is InChI=1S/C18H27N3O2/c1-18(2,3)23-17(22)21(13-9-10-13)16-14(7-5-11-19-16)15-8-6-12-20(15)4/h5,7,11,13,15H,6,8-10,12H2,1-4H3/t15-/m1/s1. The van der Waals surface area contributed by atoms with Gasteiger partial charge in [0.1, 0.15) is 11.4 Å². The quantitative estimate of drug-likeness (QED) is 0.851. The Labute approximate surface area is 138 Å². The van der Waals surface area contributed by atoms with Crippen LogP contribution in [0, 0.1) is 0 Å².